The maximum Gasteiger partial charge on any atom is 0.305 e. The van der Waals surface area contributed by atoms with Gasteiger partial charge in [-0.3, -0.25) is 4.79 Å². The lowest BCUT2D eigenvalue weighted by atomic mass is 9.88. The van der Waals surface area contributed by atoms with Crippen molar-refractivity contribution in [3.05, 3.63) is 15.8 Å². The molecular formula is C13H19NO5S2. The molecule has 0 atom stereocenters. The Hall–Kier alpha value is -0.960. The van der Waals surface area contributed by atoms with E-state index in [0.29, 0.717) is 36.5 Å². The van der Waals surface area contributed by atoms with Crippen molar-refractivity contribution >= 4 is 27.3 Å². The summed E-state index contributed by atoms with van der Waals surface area (Å²) in [5, 5.41) is 10.9. The molecule has 1 aliphatic rings. The smallest absolute Gasteiger partial charge is 0.305 e. The molecule has 21 heavy (non-hydrogen) atoms. The molecule has 0 amide bonds. The number of aliphatic carboxylic acids is 1. The average molecular weight is 333 g/mol. The van der Waals surface area contributed by atoms with Crippen LogP contribution in [-0.2, 0) is 19.6 Å². The molecule has 1 saturated heterocycles. The fourth-order valence-electron chi connectivity index (χ4n) is 2.67. The Labute approximate surface area is 128 Å². The standard InChI is InChI=1S/C13H19NO5S2/c1-9-8-20-10(2)12(9)21(17,18)14-13(7-11(15)16)3-5-19-6-4-13/h8,14H,3-7H2,1-2H3,(H,15,16). The third-order valence-corrected chi connectivity index (χ3v) is 6.68. The minimum absolute atomic E-state index is 0.238. The van der Waals surface area contributed by atoms with Crippen LogP contribution in [0.3, 0.4) is 0 Å². The van der Waals surface area contributed by atoms with Crippen LogP contribution in [-0.4, -0.2) is 38.2 Å². The molecule has 0 radical (unpaired) electrons. The van der Waals surface area contributed by atoms with Crippen molar-refractivity contribution in [2.45, 2.75) is 43.5 Å². The molecule has 1 aromatic rings. The first-order valence-corrected chi connectivity index (χ1v) is 9.00. The van der Waals surface area contributed by atoms with E-state index in [1.165, 1.54) is 11.3 Å². The molecule has 0 unspecified atom stereocenters. The minimum atomic E-state index is -3.74. The highest BCUT2D eigenvalue weighted by molar-refractivity contribution is 7.89. The van der Waals surface area contributed by atoms with Crippen LogP contribution in [0.4, 0.5) is 0 Å². The predicted molar refractivity (Wildman–Crippen MR) is 79.2 cm³/mol. The summed E-state index contributed by atoms with van der Waals surface area (Å²) in [6, 6.07) is 0. The van der Waals surface area contributed by atoms with Gasteiger partial charge in [0.1, 0.15) is 0 Å². The molecule has 0 saturated carbocycles. The monoisotopic (exact) mass is 333 g/mol. The second-order valence-corrected chi connectivity index (χ2v) is 8.08. The maximum absolute atomic E-state index is 12.7. The van der Waals surface area contributed by atoms with Crippen molar-refractivity contribution in [2.24, 2.45) is 0 Å². The fourth-order valence-corrected chi connectivity index (χ4v) is 5.76. The van der Waals surface area contributed by atoms with Gasteiger partial charge >= 0.3 is 5.97 Å². The lowest BCUT2D eigenvalue weighted by molar-refractivity contribution is -0.139. The van der Waals surface area contributed by atoms with Crippen LogP contribution in [0, 0.1) is 13.8 Å². The SMILES string of the molecule is Cc1csc(C)c1S(=O)(=O)NC1(CC(=O)O)CCOCC1. The van der Waals surface area contributed by atoms with E-state index in [9.17, 15) is 13.2 Å². The summed E-state index contributed by atoms with van der Waals surface area (Å²) in [7, 11) is -3.74. The van der Waals surface area contributed by atoms with Crippen LogP contribution in [0.1, 0.15) is 29.7 Å². The van der Waals surface area contributed by atoms with E-state index in [2.05, 4.69) is 4.72 Å². The van der Waals surface area contributed by atoms with Gasteiger partial charge in [-0.05, 0) is 37.6 Å². The molecule has 8 heteroatoms. The molecule has 2 rings (SSSR count). The number of ether oxygens (including phenoxy) is 1. The van der Waals surface area contributed by atoms with E-state index in [1.54, 1.807) is 19.2 Å². The number of carboxylic acids is 1. The highest BCUT2D eigenvalue weighted by atomic mass is 32.2. The second-order valence-electron chi connectivity index (χ2n) is 5.37. The number of thiophene rings is 1. The molecular weight excluding hydrogens is 314 g/mol. The van der Waals surface area contributed by atoms with Crippen LogP contribution >= 0.6 is 11.3 Å². The number of aryl methyl sites for hydroxylation is 2. The van der Waals surface area contributed by atoms with E-state index >= 15 is 0 Å². The molecule has 2 N–H and O–H groups in total. The van der Waals surface area contributed by atoms with Crippen molar-refractivity contribution in [3.63, 3.8) is 0 Å². The van der Waals surface area contributed by atoms with Crippen molar-refractivity contribution in [3.8, 4) is 0 Å². The number of hydrogen-bond donors (Lipinski definition) is 2. The summed E-state index contributed by atoms with van der Waals surface area (Å²) < 4.78 is 33.2. The molecule has 6 nitrogen and oxygen atoms in total. The molecule has 0 spiro atoms. The summed E-state index contributed by atoms with van der Waals surface area (Å²) >= 11 is 1.37. The topological polar surface area (TPSA) is 92.7 Å². The Bertz CT molecular complexity index is 609. The van der Waals surface area contributed by atoms with E-state index in [1.807, 2.05) is 0 Å². The van der Waals surface area contributed by atoms with Gasteiger partial charge in [0.05, 0.1) is 11.3 Å². The minimum Gasteiger partial charge on any atom is -0.481 e. The molecule has 1 aliphatic heterocycles. The van der Waals surface area contributed by atoms with Gasteiger partial charge < -0.3 is 9.84 Å². The van der Waals surface area contributed by atoms with Crippen LogP contribution in [0.25, 0.3) is 0 Å². The molecule has 0 aromatic carbocycles. The molecule has 0 aliphatic carbocycles. The Morgan fingerprint density at radius 3 is 2.52 bits per heavy atom. The Kier molecular flexibility index (Phi) is 4.72. The Morgan fingerprint density at radius 1 is 1.43 bits per heavy atom. The number of rotatable bonds is 5. The highest BCUT2D eigenvalue weighted by Crippen LogP contribution is 2.31. The van der Waals surface area contributed by atoms with Crippen LogP contribution in [0.2, 0.25) is 0 Å². The lowest BCUT2D eigenvalue weighted by Gasteiger charge is -2.36. The van der Waals surface area contributed by atoms with E-state index < -0.39 is 21.5 Å². The van der Waals surface area contributed by atoms with Crippen LogP contribution in [0.15, 0.2) is 10.3 Å². The number of carbonyl (C=O) groups is 1. The molecule has 118 valence electrons. The normalized spacial score (nSPS) is 18.6. The zero-order valence-corrected chi connectivity index (χ0v) is 13.6. The van der Waals surface area contributed by atoms with Crippen molar-refractivity contribution in [1.82, 2.24) is 4.72 Å². The lowest BCUT2D eigenvalue weighted by Crippen LogP contribution is -2.53. The van der Waals surface area contributed by atoms with Gasteiger partial charge in [-0.15, -0.1) is 11.3 Å². The largest absolute Gasteiger partial charge is 0.481 e. The third kappa shape index (κ3) is 3.63. The summed E-state index contributed by atoms with van der Waals surface area (Å²) in [5.74, 6) is -1.02. The van der Waals surface area contributed by atoms with Gasteiger partial charge in [0, 0.05) is 23.6 Å². The Morgan fingerprint density at radius 2 is 2.05 bits per heavy atom. The molecule has 1 aromatic heterocycles. The first-order chi connectivity index (χ1) is 9.76. The quantitative estimate of drug-likeness (QED) is 0.855. The predicted octanol–water partition coefficient (Wildman–Crippen LogP) is 1.67. The molecule has 2 heterocycles. The summed E-state index contributed by atoms with van der Waals surface area (Å²) in [5.41, 5.74) is -0.286. The van der Waals surface area contributed by atoms with Crippen molar-refractivity contribution < 1.29 is 23.1 Å². The fraction of sp³-hybridized carbons (Fsp3) is 0.615. The first-order valence-electron chi connectivity index (χ1n) is 6.64. The molecule has 0 bridgehead atoms. The number of carboxylic acid groups (broad SMARTS) is 1. The zero-order valence-electron chi connectivity index (χ0n) is 12.0. The average Bonchev–Trinajstić information content (AvgIpc) is 2.68. The third-order valence-electron chi connectivity index (χ3n) is 3.65. The van der Waals surface area contributed by atoms with Gasteiger partial charge in [0.2, 0.25) is 10.0 Å². The highest BCUT2D eigenvalue weighted by Gasteiger charge is 2.39. The van der Waals surface area contributed by atoms with Crippen LogP contribution in [0.5, 0.6) is 0 Å². The second kappa shape index (κ2) is 6.04. The maximum atomic E-state index is 12.7. The van der Waals surface area contributed by atoms with Crippen molar-refractivity contribution in [2.75, 3.05) is 13.2 Å². The molecule has 1 fully saturated rings. The van der Waals surface area contributed by atoms with Gasteiger partial charge in [-0.1, -0.05) is 0 Å². The van der Waals surface area contributed by atoms with E-state index in [4.69, 9.17) is 9.84 Å². The van der Waals surface area contributed by atoms with E-state index in [0.717, 1.165) is 0 Å². The Balaban J connectivity index is 2.33. The van der Waals surface area contributed by atoms with Gasteiger partial charge in [-0.25, -0.2) is 13.1 Å². The van der Waals surface area contributed by atoms with Crippen molar-refractivity contribution in [1.29, 1.82) is 0 Å². The van der Waals surface area contributed by atoms with Gasteiger partial charge in [0.15, 0.2) is 0 Å². The van der Waals surface area contributed by atoms with Gasteiger partial charge in [0.25, 0.3) is 0 Å². The number of nitrogens with one attached hydrogen (secondary N) is 1. The first kappa shape index (κ1) is 16.4. The zero-order chi connectivity index (χ0) is 15.7. The van der Waals surface area contributed by atoms with Crippen LogP contribution < -0.4 is 4.72 Å². The van der Waals surface area contributed by atoms with Gasteiger partial charge in [-0.2, -0.15) is 0 Å². The summed E-state index contributed by atoms with van der Waals surface area (Å²) in [6.07, 6.45) is 0.485. The summed E-state index contributed by atoms with van der Waals surface area (Å²) in [6.45, 7) is 4.21. The number of hydrogen-bond acceptors (Lipinski definition) is 5. The number of sulfonamides is 1. The summed E-state index contributed by atoms with van der Waals surface area (Å²) in [4.78, 5) is 12.1. The van der Waals surface area contributed by atoms with E-state index in [-0.39, 0.29) is 11.3 Å².